The Morgan fingerprint density at radius 1 is 1.32 bits per heavy atom. The van der Waals surface area contributed by atoms with Crippen LogP contribution >= 0.6 is 0 Å². The first-order chi connectivity index (χ1) is 9.13. The highest BCUT2D eigenvalue weighted by atomic mass is 19.1. The molecular weight excluding hydrogens is 246 g/mol. The number of alkyl halides is 1. The molecule has 0 radical (unpaired) electrons. The molecule has 0 unspecified atom stereocenters. The summed E-state index contributed by atoms with van der Waals surface area (Å²) in [6, 6.07) is 6.07. The van der Waals surface area contributed by atoms with Crippen LogP contribution < -0.4 is 5.32 Å². The van der Waals surface area contributed by atoms with Crippen molar-refractivity contribution in [3.63, 3.8) is 0 Å². The molecule has 1 aromatic carbocycles. The van der Waals surface area contributed by atoms with E-state index in [1.54, 1.807) is 0 Å². The van der Waals surface area contributed by atoms with Gasteiger partial charge >= 0.3 is 0 Å². The van der Waals surface area contributed by atoms with Crippen molar-refractivity contribution in [3.05, 3.63) is 35.1 Å². The maximum Gasteiger partial charge on any atom is 0.127 e. The number of halogens is 2. The molecule has 1 fully saturated rings. The van der Waals surface area contributed by atoms with Gasteiger partial charge in [0.25, 0.3) is 0 Å². The monoisotopic (exact) mass is 262 g/mol. The number of piperidine rings is 1. The largest absolute Gasteiger partial charge is 0.316 e. The van der Waals surface area contributed by atoms with Crippen LogP contribution in [0.2, 0.25) is 0 Å². The number of terminal acetylenes is 1. The lowest BCUT2D eigenvalue weighted by atomic mass is 9.87. The molecule has 0 saturated carbocycles. The molecule has 2 nitrogen and oxygen atoms in total. The lowest BCUT2D eigenvalue weighted by molar-refractivity contribution is 0.115. The average molecular weight is 262 g/mol. The SMILES string of the molecule is C#C.N#Cc1ccc(CC2(F)CCNCC2)c(F)c1. The molecule has 1 aromatic rings. The van der Waals surface area contributed by atoms with E-state index < -0.39 is 11.5 Å². The highest BCUT2D eigenvalue weighted by Gasteiger charge is 2.32. The van der Waals surface area contributed by atoms with Crippen LogP contribution in [0.3, 0.4) is 0 Å². The Hall–Kier alpha value is -1.91. The number of nitriles is 1. The van der Waals surface area contributed by atoms with Gasteiger partial charge < -0.3 is 5.32 Å². The fourth-order valence-corrected chi connectivity index (χ4v) is 2.15. The van der Waals surface area contributed by atoms with Gasteiger partial charge in [-0.15, -0.1) is 12.8 Å². The molecule has 100 valence electrons. The van der Waals surface area contributed by atoms with Crippen molar-refractivity contribution in [1.29, 1.82) is 5.26 Å². The van der Waals surface area contributed by atoms with Gasteiger partial charge in [0.1, 0.15) is 11.5 Å². The van der Waals surface area contributed by atoms with Gasteiger partial charge in [0.05, 0.1) is 11.6 Å². The molecule has 1 saturated heterocycles. The quantitative estimate of drug-likeness (QED) is 0.831. The summed E-state index contributed by atoms with van der Waals surface area (Å²) in [5.41, 5.74) is -0.696. The predicted molar refractivity (Wildman–Crippen MR) is 70.7 cm³/mol. The maximum atomic E-state index is 14.3. The number of hydrogen-bond donors (Lipinski definition) is 1. The van der Waals surface area contributed by atoms with Crippen molar-refractivity contribution in [2.24, 2.45) is 0 Å². The Balaban J connectivity index is 0.000000861. The van der Waals surface area contributed by atoms with Gasteiger partial charge in [-0.3, -0.25) is 0 Å². The minimum Gasteiger partial charge on any atom is -0.316 e. The van der Waals surface area contributed by atoms with E-state index >= 15 is 0 Å². The van der Waals surface area contributed by atoms with E-state index in [1.165, 1.54) is 18.2 Å². The zero-order chi connectivity index (χ0) is 14.3. The van der Waals surface area contributed by atoms with Crippen molar-refractivity contribution < 1.29 is 8.78 Å². The Bertz CT molecular complexity index is 483. The molecule has 0 aromatic heterocycles. The summed E-state index contributed by atoms with van der Waals surface area (Å²) in [5.74, 6) is -0.486. The minimum atomic E-state index is -1.32. The van der Waals surface area contributed by atoms with Crippen LogP contribution in [0.5, 0.6) is 0 Å². The van der Waals surface area contributed by atoms with Crippen molar-refractivity contribution in [1.82, 2.24) is 5.32 Å². The molecule has 0 atom stereocenters. The van der Waals surface area contributed by atoms with Gasteiger partial charge in [-0.1, -0.05) is 6.07 Å². The van der Waals surface area contributed by atoms with Gasteiger partial charge in [-0.2, -0.15) is 5.26 Å². The third-order valence-corrected chi connectivity index (χ3v) is 3.19. The smallest absolute Gasteiger partial charge is 0.127 e. The van der Waals surface area contributed by atoms with Gasteiger partial charge in [-0.05, 0) is 43.6 Å². The van der Waals surface area contributed by atoms with Crippen molar-refractivity contribution >= 4 is 0 Å². The van der Waals surface area contributed by atoms with E-state index in [4.69, 9.17) is 5.26 Å². The average Bonchev–Trinajstić information content (AvgIpc) is 2.44. The van der Waals surface area contributed by atoms with Crippen LogP contribution in [-0.4, -0.2) is 18.8 Å². The summed E-state index contributed by atoms with van der Waals surface area (Å²) in [4.78, 5) is 0. The highest BCUT2D eigenvalue weighted by molar-refractivity contribution is 5.33. The summed E-state index contributed by atoms with van der Waals surface area (Å²) in [5, 5.41) is 11.7. The van der Waals surface area contributed by atoms with E-state index in [-0.39, 0.29) is 12.0 Å². The minimum absolute atomic E-state index is 0.0895. The topological polar surface area (TPSA) is 35.8 Å². The molecule has 1 aliphatic rings. The van der Waals surface area contributed by atoms with Gasteiger partial charge in [0.15, 0.2) is 0 Å². The molecule has 19 heavy (non-hydrogen) atoms. The summed E-state index contributed by atoms with van der Waals surface area (Å²) in [6.45, 7) is 1.27. The van der Waals surface area contributed by atoms with E-state index in [9.17, 15) is 8.78 Å². The molecule has 4 heteroatoms. The number of benzene rings is 1. The van der Waals surface area contributed by atoms with Crippen LogP contribution in [0.4, 0.5) is 8.78 Å². The maximum absolute atomic E-state index is 14.3. The number of nitrogens with one attached hydrogen (secondary N) is 1. The lowest BCUT2D eigenvalue weighted by Gasteiger charge is -2.30. The summed E-state index contributed by atoms with van der Waals surface area (Å²) < 4.78 is 28.0. The summed E-state index contributed by atoms with van der Waals surface area (Å²) in [6.07, 6.45) is 8.91. The first kappa shape index (κ1) is 15.1. The molecule has 0 spiro atoms. The second kappa shape index (κ2) is 6.87. The van der Waals surface area contributed by atoms with Crippen molar-refractivity contribution in [3.8, 4) is 18.9 Å². The Morgan fingerprint density at radius 2 is 1.95 bits per heavy atom. The Kier molecular flexibility index (Phi) is 5.48. The van der Waals surface area contributed by atoms with Gasteiger partial charge in [0, 0.05) is 6.42 Å². The zero-order valence-electron chi connectivity index (χ0n) is 10.6. The molecule has 2 rings (SSSR count). The molecule has 1 aliphatic heterocycles. The van der Waals surface area contributed by atoms with Crippen molar-refractivity contribution in [2.75, 3.05) is 13.1 Å². The van der Waals surface area contributed by atoms with E-state index in [0.717, 1.165) is 0 Å². The number of nitrogens with zero attached hydrogens (tertiary/aromatic N) is 1. The van der Waals surface area contributed by atoms with Crippen LogP contribution in [0.25, 0.3) is 0 Å². The number of rotatable bonds is 2. The fourth-order valence-electron chi connectivity index (χ4n) is 2.15. The first-order valence-electron chi connectivity index (χ1n) is 6.04. The highest BCUT2D eigenvalue weighted by Crippen LogP contribution is 2.28. The molecule has 1 N–H and O–H groups in total. The normalized spacial score (nSPS) is 16.8. The lowest BCUT2D eigenvalue weighted by Crippen LogP contribution is -2.40. The molecule has 0 bridgehead atoms. The Morgan fingerprint density at radius 3 is 2.47 bits per heavy atom. The Labute approximate surface area is 112 Å². The molecular formula is C15H16F2N2. The van der Waals surface area contributed by atoms with Gasteiger partial charge in [0.2, 0.25) is 0 Å². The van der Waals surface area contributed by atoms with Crippen molar-refractivity contribution in [2.45, 2.75) is 24.9 Å². The van der Waals surface area contributed by atoms with Crippen LogP contribution in [-0.2, 0) is 6.42 Å². The van der Waals surface area contributed by atoms with Gasteiger partial charge in [-0.25, -0.2) is 8.78 Å². The summed E-state index contributed by atoms with van der Waals surface area (Å²) >= 11 is 0. The van der Waals surface area contributed by atoms with Crippen LogP contribution in [0.15, 0.2) is 18.2 Å². The third kappa shape index (κ3) is 4.05. The standard InChI is InChI=1S/C13H14F2N2.C2H2/c14-12-7-10(9-16)1-2-11(12)8-13(15)3-5-17-6-4-13;1-2/h1-2,7,17H,3-6,8H2;1-2H. The van der Waals surface area contributed by atoms with Crippen LogP contribution in [0.1, 0.15) is 24.0 Å². The second-order valence-electron chi connectivity index (χ2n) is 4.50. The summed E-state index contributed by atoms with van der Waals surface area (Å²) in [7, 11) is 0. The molecule has 1 heterocycles. The van der Waals surface area contributed by atoms with Crippen LogP contribution in [0, 0.1) is 30.0 Å². The third-order valence-electron chi connectivity index (χ3n) is 3.19. The number of hydrogen-bond acceptors (Lipinski definition) is 2. The fraction of sp³-hybridized carbons (Fsp3) is 0.400. The molecule has 0 amide bonds. The first-order valence-corrected chi connectivity index (χ1v) is 6.04. The zero-order valence-corrected chi connectivity index (χ0v) is 10.6. The van der Waals surface area contributed by atoms with E-state index in [2.05, 4.69) is 18.2 Å². The predicted octanol–water partition coefficient (Wildman–Crippen LogP) is 2.58. The second-order valence-corrected chi connectivity index (χ2v) is 4.50. The molecule has 0 aliphatic carbocycles. The van der Waals surface area contributed by atoms with E-state index in [0.29, 0.717) is 31.5 Å². The van der Waals surface area contributed by atoms with E-state index in [1.807, 2.05) is 6.07 Å².